The molecule has 1 aliphatic rings. The second-order valence-electron chi connectivity index (χ2n) is 4.91. The molecule has 5 heteroatoms. The zero-order valence-corrected chi connectivity index (χ0v) is 12.5. The van der Waals surface area contributed by atoms with E-state index >= 15 is 0 Å². The molecule has 0 spiro atoms. The number of hydrogen-bond donors (Lipinski definition) is 1. The van der Waals surface area contributed by atoms with Crippen LogP contribution in [0.3, 0.4) is 0 Å². The fourth-order valence-electron chi connectivity index (χ4n) is 2.60. The normalized spacial score (nSPS) is 11.6. The molecule has 0 saturated carbocycles. The zero-order chi connectivity index (χ0) is 16.4. The number of nitrogens with zero attached hydrogens (tertiary/aromatic N) is 1. The summed E-state index contributed by atoms with van der Waals surface area (Å²) in [7, 11) is 1.49. The summed E-state index contributed by atoms with van der Waals surface area (Å²) in [5, 5.41) is 15.6. The smallest absolute Gasteiger partial charge is 0.142 e. The van der Waals surface area contributed by atoms with E-state index in [1.807, 2.05) is 24.3 Å². The molecule has 0 aliphatic carbocycles. The average molecular weight is 309 g/mol. The minimum Gasteiger partial charge on any atom is -0.508 e. The Balaban J connectivity index is 0.000000354. The fraction of sp³-hybridized carbons (Fsp3) is 0.0556. The highest BCUT2D eigenvalue weighted by Gasteiger charge is 2.34. The second kappa shape index (κ2) is 6.08. The Bertz CT molecular complexity index is 898. The first-order valence-corrected chi connectivity index (χ1v) is 6.96. The Morgan fingerprint density at radius 2 is 1.78 bits per heavy atom. The summed E-state index contributed by atoms with van der Waals surface area (Å²) in [6.07, 6.45) is 1.83. The second-order valence-corrected chi connectivity index (χ2v) is 4.91. The lowest BCUT2D eigenvalue weighted by Crippen LogP contribution is -1.99. The molecule has 0 fully saturated rings. The lowest BCUT2D eigenvalue weighted by Gasteiger charge is -2.03. The van der Waals surface area contributed by atoms with E-state index in [4.69, 9.17) is 14.7 Å². The van der Waals surface area contributed by atoms with E-state index in [0.717, 1.165) is 32.9 Å². The minimum absolute atomic E-state index is 0.280. The van der Waals surface area contributed by atoms with Gasteiger partial charge in [0.25, 0.3) is 0 Å². The van der Waals surface area contributed by atoms with E-state index in [2.05, 4.69) is 12.6 Å². The summed E-state index contributed by atoms with van der Waals surface area (Å²) in [4.78, 5) is 18.8. The van der Waals surface area contributed by atoms with Gasteiger partial charge in [-0.25, -0.2) is 4.89 Å². The number of aromatic hydroxyl groups is 1. The van der Waals surface area contributed by atoms with Gasteiger partial charge in [0.1, 0.15) is 17.7 Å². The fourth-order valence-corrected chi connectivity index (χ4v) is 2.60. The summed E-state index contributed by atoms with van der Waals surface area (Å²) in [6, 6.07) is 13.5. The molecule has 3 aromatic rings. The lowest BCUT2D eigenvalue weighted by molar-refractivity contribution is -0.266. The van der Waals surface area contributed by atoms with Gasteiger partial charge in [0.15, 0.2) is 0 Å². The van der Waals surface area contributed by atoms with Crippen LogP contribution in [0.25, 0.3) is 21.5 Å². The molecule has 116 valence electrons. The molecule has 5 nitrogen and oxygen atoms in total. The van der Waals surface area contributed by atoms with Crippen LogP contribution < -0.4 is 5.06 Å². The summed E-state index contributed by atoms with van der Waals surface area (Å²) in [5.74, 6) is 0.280. The van der Waals surface area contributed by atoms with Crippen LogP contribution in [-0.2, 0) is 14.7 Å². The topological polar surface area (TPSA) is 58.8 Å². The number of benzene rings is 3. The number of phenols is 1. The molecular formula is C18H15NO4. The molecule has 0 aromatic heterocycles. The van der Waals surface area contributed by atoms with Crippen molar-refractivity contribution in [3.63, 3.8) is 0 Å². The van der Waals surface area contributed by atoms with Crippen molar-refractivity contribution in [3.05, 3.63) is 55.1 Å². The van der Waals surface area contributed by atoms with Crippen LogP contribution in [0.1, 0.15) is 0 Å². The van der Waals surface area contributed by atoms with Gasteiger partial charge in [-0.1, -0.05) is 30.8 Å². The third-order valence-corrected chi connectivity index (χ3v) is 3.57. The third kappa shape index (κ3) is 2.63. The van der Waals surface area contributed by atoms with Crippen LogP contribution in [0.2, 0.25) is 0 Å². The van der Waals surface area contributed by atoms with Crippen LogP contribution >= 0.6 is 0 Å². The van der Waals surface area contributed by atoms with E-state index in [0.29, 0.717) is 6.29 Å². The van der Waals surface area contributed by atoms with E-state index in [1.54, 1.807) is 17.2 Å². The first kappa shape index (κ1) is 15.0. The highest BCUT2D eigenvalue weighted by molar-refractivity contribution is 6.19. The number of rotatable bonds is 3. The molecule has 0 amide bonds. The van der Waals surface area contributed by atoms with Crippen molar-refractivity contribution in [3.8, 4) is 5.75 Å². The van der Waals surface area contributed by atoms with E-state index in [1.165, 1.54) is 13.2 Å². The first-order chi connectivity index (χ1) is 11.2. The Labute approximate surface area is 132 Å². The van der Waals surface area contributed by atoms with Gasteiger partial charge in [-0.05, 0) is 40.4 Å². The number of allylic oxidation sites excluding steroid dienone is 1. The maximum absolute atomic E-state index is 9.53. The van der Waals surface area contributed by atoms with E-state index in [-0.39, 0.29) is 5.75 Å². The van der Waals surface area contributed by atoms with Gasteiger partial charge in [-0.2, -0.15) is 5.06 Å². The van der Waals surface area contributed by atoms with Crippen molar-refractivity contribution >= 4 is 39.2 Å². The molecule has 1 aliphatic heterocycles. The summed E-state index contributed by atoms with van der Waals surface area (Å²) in [5.41, 5.74) is 2.06. The molecule has 3 aromatic carbocycles. The van der Waals surface area contributed by atoms with Gasteiger partial charge < -0.3 is 5.11 Å². The van der Waals surface area contributed by atoms with Crippen molar-refractivity contribution in [2.24, 2.45) is 0 Å². The summed E-state index contributed by atoms with van der Waals surface area (Å²) >= 11 is 0. The molecule has 0 saturated heterocycles. The lowest BCUT2D eigenvalue weighted by atomic mass is 10.0. The Kier molecular flexibility index (Phi) is 3.97. The number of anilines is 2. The molecule has 0 unspecified atom stereocenters. The van der Waals surface area contributed by atoms with Crippen LogP contribution in [0.5, 0.6) is 5.75 Å². The van der Waals surface area contributed by atoms with E-state index in [9.17, 15) is 5.11 Å². The molecule has 0 radical (unpaired) electrons. The van der Waals surface area contributed by atoms with Crippen molar-refractivity contribution in [1.29, 1.82) is 0 Å². The zero-order valence-electron chi connectivity index (χ0n) is 12.5. The Morgan fingerprint density at radius 3 is 2.48 bits per heavy atom. The first-order valence-electron chi connectivity index (χ1n) is 6.96. The number of hydrogen-bond acceptors (Lipinski definition) is 5. The largest absolute Gasteiger partial charge is 0.508 e. The number of carbonyl (C=O) groups is 1. The molecule has 1 heterocycles. The third-order valence-electron chi connectivity index (χ3n) is 3.57. The monoisotopic (exact) mass is 309 g/mol. The highest BCUT2D eigenvalue weighted by atomic mass is 17.3. The van der Waals surface area contributed by atoms with Crippen molar-refractivity contribution in [2.45, 2.75) is 0 Å². The number of carbonyl (C=O) groups excluding carboxylic acids is 1. The predicted octanol–water partition coefficient (Wildman–Crippen LogP) is 4.01. The van der Waals surface area contributed by atoms with Crippen molar-refractivity contribution in [1.82, 2.24) is 0 Å². The molecular weight excluding hydrogens is 294 g/mol. The van der Waals surface area contributed by atoms with Gasteiger partial charge in [0.05, 0.1) is 12.8 Å². The maximum Gasteiger partial charge on any atom is 0.142 e. The Morgan fingerprint density at radius 1 is 1.09 bits per heavy atom. The van der Waals surface area contributed by atoms with Gasteiger partial charge in [-0.15, -0.1) is 4.99 Å². The van der Waals surface area contributed by atoms with Gasteiger partial charge in [0, 0.05) is 5.39 Å². The van der Waals surface area contributed by atoms with E-state index < -0.39 is 0 Å². The summed E-state index contributed by atoms with van der Waals surface area (Å²) in [6.45, 7) is 3.11. The molecule has 0 atom stereocenters. The van der Waals surface area contributed by atoms with Crippen molar-refractivity contribution < 1.29 is 19.8 Å². The number of fused-ring (bicyclic) bond motifs is 5. The minimum atomic E-state index is 0.280. The summed E-state index contributed by atoms with van der Waals surface area (Å²) < 4.78 is 0. The Hall–Kier alpha value is -2.89. The standard InChI is InChI=1S/C15H11NO3.C3H4O/c1-18-19-16-14-7-6-12-11-5-3-10(17)8-9(11)2-4-13(12)15(14)16;1-2-3-4/h2-8,17H,1H3;2-3H,1H2. The molecule has 1 N–H and O–H groups in total. The van der Waals surface area contributed by atoms with Crippen LogP contribution in [-0.4, -0.2) is 18.5 Å². The van der Waals surface area contributed by atoms with Crippen LogP contribution in [0.4, 0.5) is 11.4 Å². The van der Waals surface area contributed by atoms with Crippen LogP contribution in [0, 0.1) is 0 Å². The van der Waals surface area contributed by atoms with Gasteiger partial charge in [0.2, 0.25) is 0 Å². The number of aldehydes is 1. The average Bonchev–Trinajstić information content (AvgIpc) is 3.28. The molecule has 4 rings (SSSR count). The van der Waals surface area contributed by atoms with Gasteiger partial charge in [-0.3, -0.25) is 4.79 Å². The van der Waals surface area contributed by atoms with Gasteiger partial charge >= 0.3 is 0 Å². The number of phenolic OH excluding ortho intramolecular Hbond substituents is 1. The molecule has 23 heavy (non-hydrogen) atoms. The maximum atomic E-state index is 9.53. The van der Waals surface area contributed by atoms with Crippen LogP contribution in [0.15, 0.2) is 55.1 Å². The quantitative estimate of drug-likeness (QED) is 0.198. The predicted molar refractivity (Wildman–Crippen MR) is 89.6 cm³/mol. The highest BCUT2D eigenvalue weighted by Crippen LogP contribution is 2.53. The molecule has 0 bridgehead atoms. The van der Waals surface area contributed by atoms with Crippen molar-refractivity contribution in [2.75, 3.05) is 12.2 Å². The SMILES string of the molecule is C=CC=O.COON1c2ccc3c(ccc4cc(O)ccc43)c21.